The van der Waals surface area contributed by atoms with Gasteiger partial charge < -0.3 is 15.2 Å². The molecule has 0 unspecified atom stereocenters. The van der Waals surface area contributed by atoms with Crippen LogP contribution < -0.4 is 10.1 Å². The Morgan fingerprint density at radius 2 is 1.76 bits per heavy atom. The predicted molar refractivity (Wildman–Crippen MR) is 83.4 cm³/mol. The van der Waals surface area contributed by atoms with E-state index in [1.807, 2.05) is 12.1 Å². The molecule has 0 radical (unpaired) electrons. The molecular weight excluding hydrogens is 262 g/mol. The largest absolute Gasteiger partial charge is 0.493 e. The molecule has 3 nitrogen and oxygen atoms in total. The molecule has 0 saturated carbocycles. The third-order valence-corrected chi connectivity index (χ3v) is 3.88. The molecule has 2 aromatic carbocycles. The number of benzene rings is 2. The van der Waals surface area contributed by atoms with Crippen molar-refractivity contribution >= 4 is 0 Å². The molecule has 110 valence electrons. The van der Waals surface area contributed by atoms with Crippen LogP contribution in [0.4, 0.5) is 0 Å². The lowest BCUT2D eigenvalue weighted by molar-refractivity contribution is 0.282. The first-order chi connectivity index (χ1) is 10.3. The molecule has 0 atom stereocenters. The summed E-state index contributed by atoms with van der Waals surface area (Å²) in [7, 11) is 0. The number of hydrogen-bond acceptors (Lipinski definition) is 3. The second-order valence-corrected chi connectivity index (χ2v) is 5.44. The molecule has 0 bridgehead atoms. The van der Waals surface area contributed by atoms with E-state index in [2.05, 4.69) is 35.6 Å². The van der Waals surface area contributed by atoms with E-state index in [0.29, 0.717) is 0 Å². The van der Waals surface area contributed by atoms with E-state index in [1.54, 1.807) is 0 Å². The van der Waals surface area contributed by atoms with Crippen molar-refractivity contribution in [1.82, 2.24) is 5.32 Å². The van der Waals surface area contributed by atoms with Crippen LogP contribution in [0.5, 0.6) is 5.75 Å². The SMILES string of the molecule is OCc1ccc(CCNCc2ccc3c(c2)CCO3)cc1. The van der Waals surface area contributed by atoms with Crippen molar-refractivity contribution in [3.8, 4) is 5.75 Å². The quantitative estimate of drug-likeness (QED) is 0.800. The highest BCUT2D eigenvalue weighted by Gasteiger charge is 2.11. The Morgan fingerprint density at radius 3 is 2.57 bits per heavy atom. The van der Waals surface area contributed by atoms with Gasteiger partial charge in [-0.05, 0) is 41.3 Å². The second kappa shape index (κ2) is 6.74. The van der Waals surface area contributed by atoms with E-state index < -0.39 is 0 Å². The third kappa shape index (κ3) is 3.63. The third-order valence-electron chi connectivity index (χ3n) is 3.88. The number of rotatable bonds is 6. The summed E-state index contributed by atoms with van der Waals surface area (Å²) in [6.45, 7) is 2.77. The Bertz CT molecular complexity index is 593. The highest BCUT2D eigenvalue weighted by Crippen LogP contribution is 2.25. The maximum absolute atomic E-state index is 9.01. The van der Waals surface area contributed by atoms with Crippen LogP contribution in [0, 0.1) is 0 Å². The lowest BCUT2D eigenvalue weighted by Gasteiger charge is -2.07. The maximum Gasteiger partial charge on any atom is 0.122 e. The van der Waals surface area contributed by atoms with Crippen LogP contribution in [0.1, 0.15) is 22.3 Å². The fourth-order valence-corrected chi connectivity index (χ4v) is 2.63. The molecule has 1 aliphatic rings. The average Bonchev–Trinajstić information content (AvgIpc) is 3.00. The summed E-state index contributed by atoms with van der Waals surface area (Å²) in [6.07, 6.45) is 2.03. The minimum Gasteiger partial charge on any atom is -0.493 e. The smallest absolute Gasteiger partial charge is 0.122 e. The van der Waals surface area contributed by atoms with Crippen molar-refractivity contribution in [3.05, 3.63) is 64.7 Å². The van der Waals surface area contributed by atoms with Gasteiger partial charge in [0, 0.05) is 13.0 Å². The molecular formula is C18H21NO2. The first-order valence-electron chi connectivity index (χ1n) is 7.49. The fourth-order valence-electron chi connectivity index (χ4n) is 2.63. The number of fused-ring (bicyclic) bond motifs is 1. The molecule has 3 heteroatoms. The lowest BCUT2D eigenvalue weighted by Crippen LogP contribution is -2.16. The fraction of sp³-hybridized carbons (Fsp3) is 0.333. The van der Waals surface area contributed by atoms with Gasteiger partial charge in [-0.3, -0.25) is 0 Å². The second-order valence-electron chi connectivity index (χ2n) is 5.44. The first-order valence-corrected chi connectivity index (χ1v) is 7.49. The van der Waals surface area contributed by atoms with Crippen molar-refractivity contribution in [2.24, 2.45) is 0 Å². The number of nitrogens with one attached hydrogen (secondary N) is 1. The van der Waals surface area contributed by atoms with Gasteiger partial charge in [0.05, 0.1) is 13.2 Å². The van der Waals surface area contributed by atoms with Crippen molar-refractivity contribution in [3.63, 3.8) is 0 Å². The van der Waals surface area contributed by atoms with Gasteiger partial charge in [0.2, 0.25) is 0 Å². The van der Waals surface area contributed by atoms with Gasteiger partial charge in [0.25, 0.3) is 0 Å². The van der Waals surface area contributed by atoms with Crippen molar-refractivity contribution in [1.29, 1.82) is 0 Å². The zero-order chi connectivity index (χ0) is 14.5. The molecule has 1 heterocycles. The summed E-state index contributed by atoms with van der Waals surface area (Å²) in [5, 5.41) is 12.5. The molecule has 0 aliphatic carbocycles. The lowest BCUT2D eigenvalue weighted by atomic mass is 10.1. The summed E-state index contributed by atoms with van der Waals surface area (Å²) >= 11 is 0. The van der Waals surface area contributed by atoms with Crippen LogP contribution in [0.3, 0.4) is 0 Å². The summed E-state index contributed by atoms with van der Waals surface area (Å²) < 4.78 is 5.52. The van der Waals surface area contributed by atoms with E-state index in [1.165, 1.54) is 16.7 Å². The van der Waals surface area contributed by atoms with Crippen molar-refractivity contribution in [2.75, 3.05) is 13.2 Å². The molecule has 0 fully saturated rings. The van der Waals surface area contributed by atoms with Gasteiger partial charge in [-0.15, -0.1) is 0 Å². The minimum atomic E-state index is 0.112. The van der Waals surface area contributed by atoms with Crippen molar-refractivity contribution in [2.45, 2.75) is 26.0 Å². The first kappa shape index (κ1) is 14.1. The van der Waals surface area contributed by atoms with Gasteiger partial charge in [-0.1, -0.05) is 36.4 Å². The standard InChI is InChI=1S/C18H21NO2/c20-13-15-3-1-14(2-4-15)7-9-19-12-16-5-6-18-17(11-16)8-10-21-18/h1-6,11,19-20H,7-10,12-13H2. The normalized spacial score (nSPS) is 13.0. The van der Waals surface area contributed by atoms with E-state index in [9.17, 15) is 0 Å². The van der Waals surface area contributed by atoms with Gasteiger partial charge in [0.15, 0.2) is 0 Å². The molecule has 2 N–H and O–H groups in total. The predicted octanol–water partition coefficient (Wildman–Crippen LogP) is 2.45. The Balaban J connectivity index is 1.45. The zero-order valence-corrected chi connectivity index (χ0v) is 12.1. The number of aliphatic hydroxyl groups excluding tert-OH is 1. The Morgan fingerprint density at radius 1 is 1.00 bits per heavy atom. The molecule has 21 heavy (non-hydrogen) atoms. The molecule has 2 aromatic rings. The Labute approximate surface area is 125 Å². The Kier molecular flexibility index (Phi) is 4.53. The average molecular weight is 283 g/mol. The summed E-state index contributed by atoms with van der Waals surface area (Å²) in [6, 6.07) is 14.6. The molecule has 0 aromatic heterocycles. The minimum absolute atomic E-state index is 0.112. The van der Waals surface area contributed by atoms with Gasteiger partial charge in [-0.25, -0.2) is 0 Å². The number of ether oxygens (including phenoxy) is 1. The molecule has 0 spiro atoms. The highest BCUT2D eigenvalue weighted by atomic mass is 16.5. The van der Waals surface area contributed by atoms with E-state index in [0.717, 1.165) is 43.9 Å². The van der Waals surface area contributed by atoms with Crippen molar-refractivity contribution < 1.29 is 9.84 Å². The van der Waals surface area contributed by atoms with Crippen LogP contribution in [-0.4, -0.2) is 18.3 Å². The molecule has 3 rings (SSSR count). The highest BCUT2D eigenvalue weighted by molar-refractivity contribution is 5.39. The van der Waals surface area contributed by atoms with E-state index in [-0.39, 0.29) is 6.61 Å². The van der Waals surface area contributed by atoms with Crippen LogP contribution >= 0.6 is 0 Å². The summed E-state index contributed by atoms with van der Waals surface area (Å²) in [5.74, 6) is 1.04. The van der Waals surface area contributed by atoms with Gasteiger partial charge in [-0.2, -0.15) is 0 Å². The van der Waals surface area contributed by atoms with Crippen LogP contribution in [-0.2, 0) is 26.0 Å². The molecule has 0 amide bonds. The Hall–Kier alpha value is -1.84. The van der Waals surface area contributed by atoms with E-state index in [4.69, 9.17) is 9.84 Å². The maximum atomic E-state index is 9.01. The molecule has 1 aliphatic heterocycles. The number of hydrogen-bond donors (Lipinski definition) is 2. The number of aliphatic hydroxyl groups is 1. The van der Waals surface area contributed by atoms with Crippen LogP contribution in [0.25, 0.3) is 0 Å². The summed E-state index contributed by atoms with van der Waals surface area (Å²) in [5.41, 5.74) is 4.90. The monoisotopic (exact) mass is 283 g/mol. The van der Waals surface area contributed by atoms with Gasteiger partial charge >= 0.3 is 0 Å². The summed E-state index contributed by atoms with van der Waals surface area (Å²) in [4.78, 5) is 0. The van der Waals surface area contributed by atoms with E-state index >= 15 is 0 Å². The van der Waals surface area contributed by atoms with Gasteiger partial charge in [0.1, 0.15) is 5.75 Å². The van der Waals surface area contributed by atoms with Crippen LogP contribution in [0.15, 0.2) is 42.5 Å². The topological polar surface area (TPSA) is 41.5 Å². The zero-order valence-electron chi connectivity index (χ0n) is 12.1. The molecule has 0 saturated heterocycles. The van der Waals surface area contributed by atoms with Crippen LogP contribution in [0.2, 0.25) is 0 Å².